The molecule has 0 fully saturated rings. The molecule has 0 N–H and O–H groups in total. The van der Waals surface area contributed by atoms with Crippen LogP contribution >= 0.6 is 23.4 Å². The Morgan fingerprint density at radius 1 is 1.13 bits per heavy atom. The van der Waals surface area contributed by atoms with Gasteiger partial charge in [-0.1, -0.05) is 41.9 Å². The average molecular weight is 364 g/mol. The molecule has 5 nitrogen and oxygen atoms in total. The molecular weight excluding hydrogens is 354 g/mol. The van der Waals surface area contributed by atoms with Crippen molar-refractivity contribution in [2.75, 3.05) is 0 Å². The summed E-state index contributed by atoms with van der Waals surface area (Å²) in [5.41, 5.74) is 1.31. The molecule has 0 aliphatic carbocycles. The van der Waals surface area contributed by atoms with Gasteiger partial charge in [0.25, 0.3) is 10.0 Å². The van der Waals surface area contributed by atoms with Gasteiger partial charge in [0.05, 0.1) is 0 Å². The lowest BCUT2D eigenvalue weighted by Gasteiger charge is -2.20. The van der Waals surface area contributed by atoms with Gasteiger partial charge in [-0.15, -0.1) is 10.2 Å². The van der Waals surface area contributed by atoms with Gasteiger partial charge in [0, 0.05) is 15.5 Å². The summed E-state index contributed by atoms with van der Waals surface area (Å²) in [6.45, 7) is 1.74. The molecule has 1 aliphatic rings. The van der Waals surface area contributed by atoms with E-state index in [0.29, 0.717) is 32.0 Å². The lowest BCUT2D eigenvalue weighted by molar-refractivity contribution is 0.578. The van der Waals surface area contributed by atoms with Gasteiger partial charge < -0.3 is 0 Å². The molecule has 3 aromatic rings. The van der Waals surface area contributed by atoms with Gasteiger partial charge in [-0.25, -0.2) is 8.42 Å². The molecule has 2 heterocycles. The van der Waals surface area contributed by atoms with Crippen LogP contribution in [0.25, 0.3) is 11.4 Å². The van der Waals surface area contributed by atoms with Crippen molar-refractivity contribution >= 4 is 33.4 Å². The second-order valence-electron chi connectivity index (χ2n) is 5.09. The molecule has 0 atom stereocenters. The maximum Gasteiger partial charge on any atom is 0.273 e. The second-order valence-corrected chi connectivity index (χ2v) is 8.26. The van der Waals surface area contributed by atoms with Crippen molar-refractivity contribution in [3.63, 3.8) is 0 Å². The highest BCUT2D eigenvalue weighted by Gasteiger charge is 2.35. The predicted octanol–water partition coefficient (Wildman–Crippen LogP) is 3.61. The van der Waals surface area contributed by atoms with Crippen LogP contribution in [0.3, 0.4) is 0 Å². The van der Waals surface area contributed by atoms with Crippen molar-refractivity contribution in [2.24, 2.45) is 0 Å². The van der Waals surface area contributed by atoms with E-state index in [9.17, 15) is 8.42 Å². The van der Waals surface area contributed by atoms with Crippen molar-refractivity contribution in [2.45, 2.75) is 21.9 Å². The molecule has 0 saturated carbocycles. The Hall–Kier alpha value is -1.83. The van der Waals surface area contributed by atoms with Crippen LogP contribution in [-0.2, 0) is 10.0 Å². The number of aromatic nitrogens is 3. The lowest BCUT2D eigenvalue weighted by Crippen LogP contribution is -2.20. The van der Waals surface area contributed by atoms with Crippen molar-refractivity contribution in [1.82, 2.24) is 14.2 Å². The van der Waals surface area contributed by atoms with Crippen LogP contribution in [0.2, 0.25) is 5.02 Å². The minimum absolute atomic E-state index is 0.261. The standard InChI is InChI=1S/C15H10ClN3O2S2/c1-9-7-11(16)8-12-13(9)23(20,21)19-14(17-18-15(19)22-12)10-5-3-2-4-6-10/h2-8H,1H3. The van der Waals surface area contributed by atoms with Crippen LogP contribution in [-0.4, -0.2) is 22.6 Å². The molecule has 2 aromatic carbocycles. The first-order valence-electron chi connectivity index (χ1n) is 6.73. The molecule has 0 saturated heterocycles. The van der Waals surface area contributed by atoms with Gasteiger partial charge in [-0.3, -0.25) is 0 Å². The fourth-order valence-electron chi connectivity index (χ4n) is 2.60. The summed E-state index contributed by atoms with van der Waals surface area (Å²) in [6.07, 6.45) is 0. The van der Waals surface area contributed by atoms with Gasteiger partial charge in [-0.2, -0.15) is 3.97 Å². The van der Waals surface area contributed by atoms with Crippen molar-refractivity contribution in [3.8, 4) is 11.4 Å². The third kappa shape index (κ3) is 2.19. The maximum atomic E-state index is 13.1. The van der Waals surface area contributed by atoms with Crippen LogP contribution in [0.1, 0.15) is 5.56 Å². The normalized spacial score (nSPS) is 15.0. The smallest absolute Gasteiger partial charge is 0.201 e. The van der Waals surface area contributed by atoms with E-state index >= 15 is 0 Å². The number of fused-ring (bicyclic) bond motifs is 2. The summed E-state index contributed by atoms with van der Waals surface area (Å²) >= 11 is 7.31. The number of aryl methyl sites for hydroxylation is 1. The van der Waals surface area contributed by atoms with Crippen LogP contribution in [0.5, 0.6) is 0 Å². The zero-order valence-electron chi connectivity index (χ0n) is 11.9. The number of rotatable bonds is 1. The van der Waals surface area contributed by atoms with E-state index in [1.165, 1.54) is 15.7 Å². The Labute approximate surface area is 142 Å². The largest absolute Gasteiger partial charge is 0.273 e. The van der Waals surface area contributed by atoms with Crippen LogP contribution in [0.15, 0.2) is 57.4 Å². The Kier molecular flexibility index (Phi) is 3.26. The highest BCUT2D eigenvalue weighted by molar-refractivity contribution is 8.01. The van der Waals surface area contributed by atoms with Crippen molar-refractivity contribution < 1.29 is 8.42 Å². The predicted molar refractivity (Wildman–Crippen MR) is 88.4 cm³/mol. The molecule has 0 unspecified atom stereocenters. The number of hydrogen-bond acceptors (Lipinski definition) is 5. The molecule has 23 heavy (non-hydrogen) atoms. The monoisotopic (exact) mass is 363 g/mol. The van der Waals surface area contributed by atoms with Crippen molar-refractivity contribution in [1.29, 1.82) is 0 Å². The maximum absolute atomic E-state index is 13.1. The third-order valence-electron chi connectivity index (χ3n) is 3.53. The number of benzene rings is 2. The Balaban J connectivity index is 2.01. The average Bonchev–Trinajstić information content (AvgIpc) is 2.91. The first-order chi connectivity index (χ1) is 11.0. The number of hydrogen-bond donors (Lipinski definition) is 0. The molecule has 4 rings (SSSR count). The Morgan fingerprint density at radius 3 is 2.61 bits per heavy atom. The summed E-state index contributed by atoms with van der Waals surface area (Å²) < 4.78 is 27.4. The van der Waals surface area contributed by atoms with Crippen LogP contribution in [0.4, 0.5) is 0 Å². The number of nitrogens with zero attached hydrogens (tertiary/aromatic N) is 3. The summed E-state index contributed by atoms with van der Waals surface area (Å²) in [6, 6.07) is 12.4. The van der Waals surface area contributed by atoms with E-state index < -0.39 is 10.0 Å². The summed E-state index contributed by atoms with van der Waals surface area (Å²) in [5, 5.41) is 8.94. The van der Waals surface area contributed by atoms with Gasteiger partial charge in [0.1, 0.15) is 4.90 Å². The van der Waals surface area contributed by atoms with Crippen molar-refractivity contribution in [3.05, 3.63) is 53.1 Å². The minimum atomic E-state index is -3.77. The van der Waals surface area contributed by atoms with Crippen LogP contribution < -0.4 is 0 Å². The van der Waals surface area contributed by atoms with E-state index in [0.717, 1.165) is 0 Å². The summed E-state index contributed by atoms with van der Waals surface area (Å²) in [5.74, 6) is 0.313. The van der Waals surface area contributed by atoms with E-state index in [4.69, 9.17) is 11.6 Å². The fraction of sp³-hybridized carbons (Fsp3) is 0.0667. The Bertz CT molecular complexity index is 1030. The Morgan fingerprint density at radius 2 is 1.87 bits per heavy atom. The molecule has 0 amide bonds. The van der Waals surface area contributed by atoms with E-state index in [1.807, 2.05) is 30.3 Å². The highest BCUT2D eigenvalue weighted by atomic mass is 35.5. The van der Waals surface area contributed by atoms with Gasteiger partial charge >= 0.3 is 0 Å². The minimum Gasteiger partial charge on any atom is -0.201 e. The van der Waals surface area contributed by atoms with Gasteiger partial charge in [-0.05, 0) is 36.4 Å². The molecule has 1 aromatic heterocycles. The quantitative estimate of drug-likeness (QED) is 0.517. The molecule has 116 valence electrons. The zero-order chi connectivity index (χ0) is 16.2. The van der Waals surface area contributed by atoms with Gasteiger partial charge in [0.15, 0.2) is 5.82 Å². The zero-order valence-corrected chi connectivity index (χ0v) is 14.3. The lowest BCUT2D eigenvalue weighted by atomic mass is 10.2. The molecular formula is C15H10ClN3O2S2. The molecule has 8 heteroatoms. The molecule has 0 spiro atoms. The molecule has 0 radical (unpaired) electrons. The fourth-order valence-corrected chi connectivity index (χ4v) is 6.24. The summed E-state index contributed by atoms with van der Waals surface area (Å²) in [7, 11) is -3.77. The van der Waals surface area contributed by atoms with Crippen LogP contribution in [0, 0.1) is 6.92 Å². The topological polar surface area (TPSA) is 64.8 Å². The third-order valence-corrected chi connectivity index (χ3v) is 6.87. The first kappa shape index (κ1) is 14.7. The first-order valence-corrected chi connectivity index (χ1v) is 9.36. The van der Waals surface area contributed by atoms with Gasteiger partial charge in [0.2, 0.25) is 5.16 Å². The molecule has 1 aliphatic heterocycles. The number of halogens is 1. The van der Waals surface area contributed by atoms with E-state index in [2.05, 4.69) is 10.2 Å². The SMILES string of the molecule is Cc1cc(Cl)cc2c1S(=O)(=O)n1c(nnc1-c1ccccc1)S2. The van der Waals surface area contributed by atoms with E-state index in [-0.39, 0.29) is 4.90 Å². The second kappa shape index (κ2) is 5.09. The molecule has 0 bridgehead atoms. The summed E-state index contributed by atoms with van der Waals surface area (Å²) in [4.78, 5) is 0.839. The van der Waals surface area contributed by atoms with E-state index in [1.54, 1.807) is 19.1 Å². The highest BCUT2D eigenvalue weighted by Crippen LogP contribution is 2.43.